The fraction of sp³-hybridized carbons (Fsp3) is 0.423. The number of carbonyl (C=O) groups excluding carboxylic acids is 1. The molecule has 3 aromatic rings. The first-order valence-electron chi connectivity index (χ1n) is 12.3. The number of piperazine rings is 1. The van der Waals surface area contributed by atoms with Crippen molar-refractivity contribution in [1.82, 2.24) is 19.4 Å². The van der Waals surface area contributed by atoms with Gasteiger partial charge in [0.05, 0.1) is 17.2 Å². The minimum atomic E-state index is 0.253. The molecule has 3 aliphatic heterocycles. The molecule has 4 aliphatic rings. The number of hydrogen-bond donors (Lipinski definition) is 0. The summed E-state index contributed by atoms with van der Waals surface area (Å²) in [6, 6.07) is 13.5. The van der Waals surface area contributed by atoms with Crippen LogP contribution in [-0.2, 0) is 4.79 Å². The molecular weight excluding hydrogens is 444 g/mol. The van der Waals surface area contributed by atoms with E-state index in [1.165, 1.54) is 27.5 Å². The van der Waals surface area contributed by atoms with Gasteiger partial charge in [0.15, 0.2) is 5.17 Å². The molecule has 1 aromatic carbocycles. The molecule has 3 fully saturated rings. The van der Waals surface area contributed by atoms with E-state index in [-0.39, 0.29) is 6.04 Å². The van der Waals surface area contributed by atoms with Crippen LogP contribution in [0.2, 0.25) is 0 Å². The van der Waals surface area contributed by atoms with Gasteiger partial charge in [-0.3, -0.25) is 9.79 Å². The summed E-state index contributed by atoms with van der Waals surface area (Å²) in [5, 5.41) is 5.78. The van der Waals surface area contributed by atoms with Gasteiger partial charge in [-0.25, -0.2) is 4.52 Å². The molecule has 2 aromatic heterocycles. The maximum absolute atomic E-state index is 12.4. The fourth-order valence-electron chi connectivity index (χ4n) is 5.36. The van der Waals surface area contributed by atoms with Crippen molar-refractivity contribution in [3.8, 4) is 11.1 Å². The number of fused-ring (bicyclic) bond motifs is 2. The zero-order valence-electron chi connectivity index (χ0n) is 19.1. The SMILES string of the molecule is O=C(C1CC1)N1CCN(c2ccnn3cc(-c4ccc(C5CN6CCSC6=N5)cc4)cc23)CC1. The van der Waals surface area contributed by atoms with Gasteiger partial charge in [-0.15, -0.1) is 0 Å². The first-order valence-corrected chi connectivity index (χ1v) is 13.3. The molecular formula is C26H28N6OS. The lowest BCUT2D eigenvalue weighted by atomic mass is 10.0. The second-order valence-electron chi connectivity index (χ2n) is 9.71. The Kier molecular flexibility index (Phi) is 4.82. The van der Waals surface area contributed by atoms with Gasteiger partial charge >= 0.3 is 0 Å². The van der Waals surface area contributed by atoms with Crippen molar-refractivity contribution >= 4 is 34.0 Å². The summed E-state index contributed by atoms with van der Waals surface area (Å²) in [6.07, 6.45) is 6.14. The van der Waals surface area contributed by atoms with Gasteiger partial charge in [0.2, 0.25) is 5.91 Å². The molecule has 1 unspecified atom stereocenters. The summed E-state index contributed by atoms with van der Waals surface area (Å²) in [7, 11) is 0. The number of benzene rings is 1. The van der Waals surface area contributed by atoms with Crippen molar-refractivity contribution in [3.63, 3.8) is 0 Å². The highest BCUT2D eigenvalue weighted by Crippen LogP contribution is 2.35. The third kappa shape index (κ3) is 3.55. The van der Waals surface area contributed by atoms with Crippen LogP contribution < -0.4 is 4.90 Å². The Morgan fingerprint density at radius 3 is 2.53 bits per heavy atom. The molecule has 174 valence electrons. The first-order chi connectivity index (χ1) is 16.7. The summed E-state index contributed by atoms with van der Waals surface area (Å²) in [5.41, 5.74) is 5.95. The minimum Gasteiger partial charge on any atom is -0.366 e. The highest BCUT2D eigenvalue weighted by atomic mass is 32.2. The van der Waals surface area contributed by atoms with Crippen LogP contribution >= 0.6 is 11.8 Å². The van der Waals surface area contributed by atoms with Crippen molar-refractivity contribution in [2.45, 2.75) is 18.9 Å². The van der Waals surface area contributed by atoms with Crippen molar-refractivity contribution in [3.05, 3.63) is 54.4 Å². The normalized spacial score (nSPS) is 22.4. The lowest BCUT2D eigenvalue weighted by Gasteiger charge is -2.36. The highest BCUT2D eigenvalue weighted by molar-refractivity contribution is 8.14. The maximum atomic E-state index is 12.4. The third-order valence-electron chi connectivity index (χ3n) is 7.50. The van der Waals surface area contributed by atoms with Crippen molar-refractivity contribution in [2.24, 2.45) is 10.9 Å². The summed E-state index contributed by atoms with van der Waals surface area (Å²) in [6.45, 7) is 5.47. The summed E-state index contributed by atoms with van der Waals surface area (Å²) in [5.74, 6) is 1.82. The van der Waals surface area contributed by atoms with Crippen LogP contribution in [0.25, 0.3) is 16.6 Å². The minimum absolute atomic E-state index is 0.253. The Morgan fingerprint density at radius 1 is 0.941 bits per heavy atom. The summed E-state index contributed by atoms with van der Waals surface area (Å²) < 4.78 is 1.98. The van der Waals surface area contributed by atoms with Crippen LogP contribution in [0.1, 0.15) is 24.4 Å². The number of carbonyl (C=O) groups is 1. The van der Waals surface area contributed by atoms with Crippen molar-refractivity contribution in [2.75, 3.05) is 49.9 Å². The standard InChI is InChI=1S/C26H28N6OS/c33-25(20-5-6-20)30-11-9-29(10-12-30)23-7-8-27-32-16-21(15-24(23)32)18-1-3-19(4-2-18)22-17-31-13-14-34-26(31)28-22/h1-4,7-8,15-16,20,22H,5-6,9-14,17H2. The summed E-state index contributed by atoms with van der Waals surface area (Å²) in [4.78, 5) is 24.2. The average Bonchev–Trinajstić information content (AvgIpc) is 3.28. The van der Waals surface area contributed by atoms with E-state index < -0.39 is 0 Å². The van der Waals surface area contributed by atoms with Gasteiger partial charge < -0.3 is 14.7 Å². The van der Waals surface area contributed by atoms with Crippen LogP contribution in [0.4, 0.5) is 5.69 Å². The number of nitrogens with zero attached hydrogens (tertiary/aromatic N) is 6. The smallest absolute Gasteiger partial charge is 0.225 e. The molecule has 5 heterocycles. The molecule has 7 nitrogen and oxygen atoms in total. The molecule has 2 saturated heterocycles. The monoisotopic (exact) mass is 472 g/mol. The quantitative estimate of drug-likeness (QED) is 0.582. The highest BCUT2D eigenvalue weighted by Gasteiger charge is 2.35. The number of anilines is 1. The van der Waals surface area contributed by atoms with Crippen molar-refractivity contribution < 1.29 is 4.79 Å². The van der Waals surface area contributed by atoms with E-state index in [9.17, 15) is 4.79 Å². The summed E-state index contributed by atoms with van der Waals surface area (Å²) >= 11 is 1.88. The number of aromatic nitrogens is 2. The Labute approximate surface area is 203 Å². The van der Waals surface area contributed by atoms with Gasteiger partial charge in [0.1, 0.15) is 0 Å². The topological polar surface area (TPSA) is 56.5 Å². The van der Waals surface area contributed by atoms with E-state index >= 15 is 0 Å². The van der Waals surface area contributed by atoms with E-state index in [0.29, 0.717) is 11.8 Å². The van der Waals surface area contributed by atoms with Gasteiger partial charge in [0, 0.05) is 68.9 Å². The lowest BCUT2D eigenvalue weighted by Crippen LogP contribution is -2.49. The number of amidine groups is 1. The van der Waals surface area contributed by atoms with Crippen LogP contribution in [-0.4, -0.2) is 75.5 Å². The van der Waals surface area contributed by atoms with Crippen LogP contribution in [0.3, 0.4) is 0 Å². The second-order valence-corrected chi connectivity index (χ2v) is 10.8. The third-order valence-corrected chi connectivity index (χ3v) is 8.50. The Bertz CT molecular complexity index is 1270. The predicted molar refractivity (Wildman–Crippen MR) is 136 cm³/mol. The largest absolute Gasteiger partial charge is 0.366 e. The number of amides is 1. The molecule has 1 amide bonds. The lowest BCUT2D eigenvalue weighted by molar-refractivity contribution is -0.132. The van der Waals surface area contributed by atoms with Gasteiger partial charge in [-0.05, 0) is 36.1 Å². The van der Waals surface area contributed by atoms with E-state index in [0.717, 1.165) is 63.4 Å². The Morgan fingerprint density at radius 2 is 1.76 bits per heavy atom. The zero-order valence-corrected chi connectivity index (χ0v) is 20.0. The second kappa shape index (κ2) is 8.05. The molecule has 8 heteroatoms. The first kappa shape index (κ1) is 20.4. The molecule has 0 spiro atoms. The maximum Gasteiger partial charge on any atom is 0.225 e. The molecule has 0 N–H and O–H groups in total. The van der Waals surface area contributed by atoms with Crippen LogP contribution in [0.5, 0.6) is 0 Å². The predicted octanol–water partition coefficient (Wildman–Crippen LogP) is 3.52. The molecule has 1 atom stereocenters. The Balaban J connectivity index is 1.10. The molecule has 0 bridgehead atoms. The van der Waals surface area contributed by atoms with E-state index in [1.807, 2.05) is 22.5 Å². The number of thioether (sulfide) groups is 1. The van der Waals surface area contributed by atoms with Gasteiger partial charge in [-0.2, -0.15) is 5.10 Å². The Hall–Kier alpha value is -3.00. The van der Waals surface area contributed by atoms with E-state index in [2.05, 4.69) is 62.4 Å². The average molecular weight is 473 g/mol. The molecule has 34 heavy (non-hydrogen) atoms. The number of aliphatic imine (C=N–C) groups is 1. The van der Waals surface area contributed by atoms with E-state index in [1.54, 1.807) is 0 Å². The number of hydrogen-bond acceptors (Lipinski definition) is 6. The number of rotatable bonds is 4. The van der Waals surface area contributed by atoms with E-state index in [4.69, 9.17) is 4.99 Å². The van der Waals surface area contributed by atoms with Gasteiger partial charge in [-0.1, -0.05) is 36.0 Å². The fourth-order valence-corrected chi connectivity index (χ4v) is 6.41. The zero-order chi connectivity index (χ0) is 22.6. The molecule has 1 aliphatic carbocycles. The molecule has 7 rings (SSSR count). The van der Waals surface area contributed by atoms with Crippen molar-refractivity contribution in [1.29, 1.82) is 0 Å². The molecule has 1 saturated carbocycles. The molecule has 0 radical (unpaired) electrons. The van der Waals surface area contributed by atoms with Crippen LogP contribution in [0.15, 0.2) is 53.8 Å². The van der Waals surface area contributed by atoms with Gasteiger partial charge in [0.25, 0.3) is 0 Å². The van der Waals surface area contributed by atoms with Crippen LogP contribution in [0, 0.1) is 5.92 Å².